The summed E-state index contributed by atoms with van der Waals surface area (Å²) in [5.74, 6) is -1.14. The Bertz CT molecular complexity index is 804. The van der Waals surface area contributed by atoms with Gasteiger partial charge in [0.25, 0.3) is 0 Å². The molecule has 1 aliphatic heterocycles. The molecule has 0 atom stereocenters. The highest BCUT2D eigenvalue weighted by molar-refractivity contribution is 7.89. The maximum absolute atomic E-state index is 12.8. The summed E-state index contributed by atoms with van der Waals surface area (Å²) in [5.41, 5.74) is -0.198. The van der Waals surface area contributed by atoms with E-state index in [1.165, 1.54) is 9.21 Å². The fourth-order valence-electron chi connectivity index (χ4n) is 3.25. The molecule has 3 rings (SSSR count). The third-order valence-corrected chi connectivity index (χ3v) is 7.19. The van der Waals surface area contributed by atoms with E-state index in [9.17, 15) is 23.1 Å². The van der Waals surface area contributed by atoms with Crippen LogP contribution in [0.2, 0.25) is 0 Å². The number of hydrogen-bond donors (Lipinski definition) is 1. The van der Waals surface area contributed by atoms with E-state index in [2.05, 4.69) is 0 Å². The van der Waals surface area contributed by atoms with E-state index in [0.29, 0.717) is 18.8 Å². The van der Waals surface area contributed by atoms with Crippen LogP contribution in [0.3, 0.4) is 0 Å². The van der Waals surface area contributed by atoms with E-state index in [0.717, 1.165) is 5.56 Å². The van der Waals surface area contributed by atoms with Crippen LogP contribution >= 0.6 is 0 Å². The summed E-state index contributed by atoms with van der Waals surface area (Å²) in [5, 5.41) is 9.24. The number of amides is 1. The van der Waals surface area contributed by atoms with Gasteiger partial charge in [-0.3, -0.25) is 9.59 Å². The molecule has 7 nitrogen and oxygen atoms in total. The number of nitrogens with zero attached hydrogens (tertiary/aromatic N) is 2. The minimum Gasteiger partial charge on any atom is -0.480 e. The highest BCUT2D eigenvalue weighted by atomic mass is 32.2. The number of piperazine rings is 1. The molecule has 1 N–H and O–H groups in total. The number of aliphatic carboxylic acids is 1. The van der Waals surface area contributed by atoms with Crippen LogP contribution in [0.5, 0.6) is 0 Å². The van der Waals surface area contributed by atoms with Gasteiger partial charge in [-0.25, -0.2) is 8.42 Å². The van der Waals surface area contributed by atoms with Gasteiger partial charge < -0.3 is 10.0 Å². The molecule has 0 aromatic heterocycles. The molecule has 1 heterocycles. The first-order valence-corrected chi connectivity index (χ1v) is 10.3. The van der Waals surface area contributed by atoms with Gasteiger partial charge in [-0.2, -0.15) is 4.31 Å². The maximum Gasteiger partial charge on any atom is 0.319 e. The Labute approximate surface area is 153 Å². The molecular formula is C18H24N2O5S. The first-order valence-electron chi connectivity index (χ1n) is 8.81. The van der Waals surface area contributed by atoms with Gasteiger partial charge in [-0.15, -0.1) is 0 Å². The molecule has 0 bridgehead atoms. The Kier molecular flexibility index (Phi) is 4.83. The van der Waals surface area contributed by atoms with Crippen LogP contribution in [0.4, 0.5) is 0 Å². The zero-order chi connectivity index (χ0) is 19.1. The Balaban J connectivity index is 1.67. The third-order valence-electron chi connectivity index (χ3n) is 5.28. The van der Waals surface area contributed by atoms with Gasteiger partial charge in [-0.1, -0.05) is 26.0 Å². The van der Waals surface area contributed by atoms with Crippen molar-refractivity contribution in [1.29, 1.82) is 0 Å². The van der Waals surface area contributed by atoms with Crippen molar-refractivity contribution >= 4 is 21.9 Å². The van der Waals surface area contributed by atoms with Crippen LogP contribution in [-0.2, 0) is 19.6 Å². The lowest BCUT2D eigenvalue weighted by Crippen LogP contribution is -2.53. The molecule has 2 fully saturated rings. The molecule has 2 aliphatic rings. The van der Waals surface area contributed by atoms with Crippen molar-refractivity contribution in [3.05, 3.63) is 29.8 Å². The second-order valence-corrected chi connectivity index (χ2v) is 9.25. The van der Waals surface area contributed by atoms with Gasteiger partial charge in [0.15, 0.2) is 0 Å². The predicted molar refractivity (Wildman–Crippen MR) is 95.2 cm³/mol. The number of hydrogen-bond acceptors (Lipinski definition) is 4. The molecule has 0 radical (unpaired) electrons. The molecule has 8 heteroatoms. The molecule has 1 saturated heterocycles. The number of carboxylic acid groups (broad SMARTS) is 1. The Morgan fingerprint density at radius 2 is 1.58 bits per heavy atom. The lowest BCUT2D eigenvalue weighted by molar-refractivity contribution is -0.154. The molecule has 0 unspecified atom stereocenters. The molecule has 1 amide bonds. The number of carbonyl (C=O) groups is 2. The summed E-state index contributed by atoms with van der Waals surface area (Å²) in [4.78, 5) is 25.4. The average molecular weight is 380 g/mol. The molecule has 0 spiro atoms. The summed E-state index contributed by atoms with van der Waals surface area (Å²) in [6.45, 7) is 4.88. The Morgan fingerprint density at radius 3 is 2.00 bits per heavy atom. The van der Waals surface area contributed by atoms with Crippen LogP contribution in [0.1, 0.15) is 38.2 Å². The van der Waals surface area contributed by atoms with Crippen molar-refractivity contribution in [3.63, 3.8) is 0 Å². The summed E-state index contributed by atoms with van der Waals surface area (Å²) < 4.78 is 26.9. The van der Waals surface area contributed by atoms with Gasteiger partial charge >= 0.3 is 5.97 Å². The topological polar surface area (TPSA) is 95.0 Å². The molecule has 142 valence electrons. The van der Waals surface area contributed by atoms with E-state index in [-0.39, 0.29) is 37.0 Å². The van der Waals surface area contributed by atoms with Gasteiger partial charge in [0, 0.05) is 26.2 Å². The first-order chi connectivity index (χ1) is 12.2. The number of benzene rings is 1. The number of carboxylic acids is 1. The fraction of sp³-hybridized carbons (Fsp3) is 0.556. The van der Waals surface area contributed by atoms with Crippen molar-refractivity contribution in [3.8, 4) is 0 Å². The fourth-order valence-corrected chi connectivity index (χ4v) is 4.67. The minimum atomic E-state index is -3.61. The second kappa shape index (κ2) is 6.66. The van der Waals surface area contributed by atoms with Crippen molar-refractivity contribution in [1.82, 2.24) is 9.21 Å². The second-order valence-electron chi connectivity index (χ2n) is 7.31. The maximum atomic E-state index is 12.8. The highest BCUT2D eigenvalue weighted by Gasteiger charge is 2.58. The summed E-state index contributed by atoms with van der Waals surface area (Å²) in [6, 6.07) is 6.87. The lowest BCUT2D eigenvalue weighted by atomic mass is 10.0. The predicted octanol–water partition coefficient (Wildman–Crippen LogP) is 1.51. The van der Waals surface area contributed by atoms with E-state index < -0.39 is 21.4 Å². The van der Waals surface area contributed by atoms with Gasteiger partial charge in [0.2, 0.25) is 15.9 Å². The molecular weight excluding hydrogens is 356 g/mol. The molecule has 1 aromatic rings. The van der Waals surface area contributed by atoms with Crippen molar-refractivity contribution in [2.75, 3.05) is 26.2 Å². The summed E-state index contributed by atoms with van der Waals surface area (Å²) in [6.07, 6.45) is 0.726. The first kappa shape index (κ1) is 18.8. The molecule has 26 heavy (non-hydrogen) atoms. The highest BCUT2D eigenvalue weighted by Crippen LogP contribution is 2.47. The van der Waals surface area contributed by atoms with Crippen LogP contribution < -0.4 is 0 Å². The normalized spacial score (nSPS) is 20.2. The van der Waals surface area contributed by atoms with Crippen LogP contribution in [0.15, 0.2) is 29.2 Å². The average Bonchev–Trinajstić information content (AvgIpc) is 3.43. The third kappa shape index (κ3) is 3.23. The monoisotopic (exact) mass is 380 g/mol. The van der Waals surface area contributed by atoms with E-state index in [4.69, 9.17) is 0 Å². The van der Waals surface area contributed by atoms with Crippen molar-refractivity contribution in [2.45, 2.75) is 37.5 Å². The van der Waals surface area contributed by atoms with Crippen molar-refractivity contribution < 1.29 is 23.1 Å². The van der Waals surface area contributed by atoms with E-state index >= 15 is 0 Å². The Morgan fingerprint density at radius 1 is 1.04 bits per heavy atom. The summed E-state index contributed by atoms with van der Waals surface area (Å²) >= 11 is 0. The largest absolute Gasteiger partial charge is 0.480 e. The zero-order valence-electron chi connectivity index (χ0n) is 15.0. The van der Waals surface area contributed by atoms with Gasteiger partial charge in [0.1, 0.15) is 5.41 Å². The molecule has 1 aliphatic carbocycles. The standard InChI is InChI=1S/C18H24N2O5S/c1-13(2)14-3-5-15(6-4-14)26(24,25)20-11-9-19(10-12-20)16(21)18(7-8-18)17(22)23/h3-6,13H,7-12H2,1-2H3,(H,22,23). The number of carbonyl (C=O) groups excluding carboxylic acids is 1. The molecule has 1 saturated carbocycles. The van der Waals surface area contributed by atoms with E-state index in [1.54, 1.807) is 12.1 Å². The van der Waals surface area contributed by atoms with Crippen molar-refractivity contribution in [2.24, 2.45) is 5.41 Å². The number of sulfonamides is 1. The smallest absolute Gasteiger partial charge is 0.319 e. The SMILES string of the molecule is CC(C)c1ccc(S(=O)(=O)N2CCN(C(=O)C3(C(=O)O)CC3)CC2)cc1. The summed E-state index contributed by atoms with van der Waals surface area (Å²) in [7, 11) is -3.61. The zero-order valence-corrected chi connectivity index (χ0v) is 15.8. The Hall–Kier alpha value is -1.93. The van der Waals surface area contributed by atoms with Crippen LogP contribution in [-0.4, -0.2) is 60.8 Å². The van der Waals surface area contributed by atoms with Crippen LogP contribution in [0.25, 0.3) is 0 Å². The lowest BCUT2D eigenvalue weighted by Gasteiger charge is -2.35. The quantitative estimate of drug-likeness (QED) is 0.781. The van der Waals surface area contributed by atoms with Gasteiger partial charge in [0.05, 0.1) is 4.90 Å². The molecule has 1 aromatic carbocycles. The van der Waals surface area contributed by atoms with Crippen LogP contribution in [0, 0.1) is 5.41 Å². The van der Waals surface area contributed by atoms with E-state index in [1.807, 2.05) is 26.0 Å². The number of rotatable bonds is 5. The minimum absolute atomic E-state index is 0.176. The van der Waals surface area contributed by atoms with Gasteiger partial charge in [-0.05, 0) is 36.5 Å².